The highest BCUT2D eigenvalue weighted by molar-refractivity contribution is 5.79. The van der Waals surface area contributed by atoms with Crippen LogP contribution in [0.25, 0.3) is 0 Å². The average molecular weight is 308 g/mol. The van der Waals surface area contributed by atoms with E-state index in [1.807, 2.05) is 4.90 Å². The minimum Gasteiger partial charge on any atom is -0.332 e. The summed E-state index contributed by atoms with van der Waals surface area (Å²) in [6.07, 6.45) is 7.60. The number of aromatic amines is 1. The van der Waals surface area contributed by atoms with E-state index in [1.165, 1.54) is 25.7 Å². The van der Waals surface area contributed by atoms with E-state index in [1.54, 1.807) is 0 Å². The zero-order valence-corrected chi connectivity index (χ0v) is 12.7. The van der Waals surface area contributed by atoms with Crippen molar-refractivity contribution < 1.29 is 10.0 Å². The normalized spacial score (nSPS) is 24.0. The lowest BCUT2D eigenvalue weighted by atomic mass is 9.92. The van der Waals surface area contributed by atoms with Gasteiger partial charge in [-0.05, 0) is 35.6 Å². The largest absolute Gasteiger partial charge is 0.332 e. The Morgan fingerprint density at radius 3 is 2.86 bits per heavy atom. The van der Waals surface area contributed by atoms with Gasteiger partial charge in [-0.25, -0.2) is 10.6 Å². The second kappa shape index (κ2) is 7.15. The van der Waals surface area contributed by atoms with Crippen molar-refractivity contribution in [1.29, 1.82) is 0 Å². The third-order valence-electron chi connectivity index (χ3n) is 4.99. The van der Waals surface area contributed by atoms with Gasteiger partial charge in [0, 0.05) is 13.1 Å². The molecule has 1 aromatic heterocycles. The fourth-order valence-corrected chi connectivity index (χ4v) is 3.89. The summed E-state index contributed by atoms with van der Waals surface area (Å²) in [6.45, 7) is 1.05. The number of hydrogen-bond acceptors (Lipinski definition) is 6. The van der Waals surface area contributed by atoms with Crippen molar-refractivity contribution in [2.75, 3.05) is 13.1 Å². The molecule has 8 nitrogen and oxygen atoms in total. The number of tetrazole rings is 1. The van der Waals surface area contributed by atoms with E-state index < -0.39 is 0 Å². The fraction of sp³-hybridized carbons (Fsp3) is 0.857. The molecular formula is C14H24N6O2. The molecule has 1 aliphatic heterocycles. The van der Waals surface area contributed by atoms with Crippen LogP contribution in [0.1, 0.15) is 56.8 Å². The number of nitrogens with zero attached hydrogens (tertiary/aromatic N) is 4. The first-order chi connectivity index (χ1) is 10.8. The third kappa shape index (κ3) is 3.27. The summed E-state index contributed by atoms with van der Waals surface area (Å²) in [5.41, 5.74) is 2.20. The first-order valence-electron chi connectivity index (χ1n) is 8.20. The molecule has 2 fully saturated rings. The third-order valence-corrected chi connectivity index (χ3v) is 4.99. The number of likely N-dealkylation sites (tertiary alicyclic amines) is 1. The van der Waals surface area contributed by atoms with Gasteiger partial charge in [-0.3, -0.25) is 4.79 Å². The van der Waals surface area contributed by atoms with Crippen molar-refractivity contribution in [1.82, 2.24) is 31.0 Å². The minimum atomic E-state index is -0.176. The van der Waals surface area contributed by atoms with Crippen LogP contribution in [0.5, 0.6) is 0 Å². The predicted molar refractivity (Wildman–Crippen MR) is 77.7 cm³/mol. The number of carbonyl (C=O) groups excluding carboxylic acids is 1. The molecule has 2 heterocycles. The van der Waals surface area contributed by atoms with Crippen LogP contribution in [-0.2, 0) is 4.79 Å². The number of hydrogen-bond donors (Lipinski definition) is 3. The summed E-state index contributed by atoms with van der Waals surface area (Å²) >= 11 is 0. The van der Waals surface area contributed by atoms with Gasteiger partial charge in [0.15, 0.2) is 5.82 Å². The quantitative estimate of drug-likeness (QED) is 0.678. The van der Waals surface area contributed by atoms with Gasteiger partial charge in [0.25, 0.3) is 0 Å². The molecule has 122 valence electrons. The number of rotatable bonds is 6. The number of carbonyl (C=O) groups is 1. The van der Waals surface area contributed by atoms with Crippen molar-refractivity contribution in [3.63, 3.8) is 0 Å². The molecule has 1 saturated heterocycles. The molecule has 2 atom stereocenters. The predicted octanol–water partition coefficient (Wildman–Crippen LogP) is 1.04. The highest BCUT2D eigenvalue weighted by Crippen LogP contribution is 2.34. The van der Waals surface area contributed by atoms with Gasteiger partial charge in [-0.15, -0.1) is 5.10 Å². The summed E-state index contributed by atoms with van der Waals surface area (Å²) in [5.74, 6) is 1.19. The zero-order chi connectivity index (χ0) is 15.4. The lowest BCUT2D eigenvalue weighted by Crippen LogP contribution is -2.40. The maximum atomic E-state index is 12.9. The van der Waals surface area contributed by atoms with Crippen LogP contribution in [0, 0.1) is 11.8 Å². The van der Waals surface area contributed by atoms with Crippen LogP contribution in [0.4, 0.5) is 0 Å². The smallest absolute Gasteiger partial charge is 0.227 e. The lowest BCUT2D eigenvalue weighted by molar-refractivity contribution is -0.137. The summed E-state index contributed by atoms with van der Waals surface area (Å²) in [6, 6.07) is -0.0627. The number of aromatic nitrogens is 4. The molecule has 0 unspecified atom stereocenters. The SMILES string of the molecule is O=C([C@@H](CNO)CC1CCCC1)N1CCC[C@H]1c1nnn[nH]1. The summed E-state index contributed by atoms with van der Waals surface area (Å²) in [5, 5.41) is 23.1. The van der Waals surface area contributed by atoms with E-state index >= 15 is 0 Å². The zero-order valence-electron chi connectivity index (χ0n) is 12.7. The van der Waals surface area contributed by atoms with Gasteiger partial charge in [-0.2, -0.15) is 0 Å². The van der Waals surface area contributed by atoms with Crippen LogP contribution < -0.4 is 5.48 Å². The van der Waals surface area contributed by atoms with E-state index in [2.05, 4.69) is 26.1 Å². The minimum absolute atomic E-state index is 0.0627. The number of H-pyrrole nitrogens is 1. The maximum Gasteiger partial charge on any atom is 0.227 e. The van der Waals surface area contributed by atoms with E-state index in [4.69, 9.17) is 5.21 Å². The topological polar surface area (TPSA) is 107 Å². The Hall–Kier alpha value is -1.54. The molecule has 3 rings (SSSR count). The first kappa shape index (κ1) is 15.4. The van der Waals surface area contributed by atoms with Gasteiger partial charge >= 0.3 is 0 Å². The van der Waals surface area contributed by atoms with Gasteiger partial charge in [0.1, 0.15) is 0 Å². The van der Waals surface area contributed by atoms with Crippen LogP contribution in [0.15, 0.2) is 0 Å². The fourth-order valence-electron chi connectivity index (χ4n) is 3.89. The molecule has 0 bridgehead atoms. The van der Waals surface area contributed by atoms with Gasteiger partial charge < -0.3 is 10.1 Å². The molecule has 2 aliphatic rings. The van der Waals surface area contributed by atoms with Crippen LogP contribution >= 0.6 is 0 Å². The van der Waals surface area contributed by atoms with Crippen LogP contribution in [-0.4, -0.2) is 49.7 Å². The standard InChI is InChI=1S/C14H24N6O2/c21-14(11(9-15-22)8-10-4-1-2-5-10)20-7-3-6-12(20)13-16-18-19-17-13/h10-12,15,22H,1-9H2,(H,16,17,18,19)/t11-,12+/m1/s1. The molecule has 0 radical (unpaired) electrons. The average Bonchev–Trinajstić information content (AvgIpc) is 3.26. The molecule has 1 saturated carbocycles. The van der Waals surface area contributed by atoms with Crippen LogP contribution in [0.3, 0.4) is 0 Å². The van der Waals surface area contributed by atoms with Crippen molar-refractivity contribution >= 4 is 5.91 Å². The van der Waals surface area contributed by atoms with E-state index in [0.717, 1.165) is 25.8 Å². The Balaban J connectivity index is 1.68. The highest BCUT2D eigenvalue weighted by atomic mass is 16.5. The summed E-state index contributed by atoms with van der Waals surface area (Å²) in [7, 11) is 0. The molecule has 1 aliphatic carbocycles. The van der Waals surface area contributed by atoms with Crippen LogP contribution in [0.2, 0.25) is 0 Å². The Morgan fingerprint density at radius 1 is 1.36 bits per heavy atom. The molecule has 0 aromatic carbocycles. The molecule has 1 amide bonds. The van der Waals surface area contributed by atoms with Gasteiger partial charge in [-0.1, -0.05) is 25.7 Å². The van der Waals surface area contributed by atoms with Gasteiger partial charge in [0.05, 0.1) is 12.0 Å². The number of amides is 1. The molecule has 22 heavy (non-hydrogen) atoms. The lowest BCUT2D eigenvalue weighted by Gasteiger charge is -2.28. The van der Waals surface area contributed by atoms with Crippen molar-refractivity contribution in [3.8, 4) is 0 Å². The Kier molecular flexibility index (Phi) is 4.99. The molecular weight excluding hydrogens is 284 g/mol. The highest BCUT2D eigenvalue weighted by Gasteiger charge is 2.36. The molecule has 1 aromatic rings. The van der Waals surface area contributed by atoms with E-state index in [0.29, 0.717) is 18.3 Å². The molecule has 8 heteroatoms. The number of hydroxylamine groups is 1. The Bertz CT molecular complexity index is 474. The first-order valence-corrected chi connectivity index (χ1v) is 8.20. The van der Waals surface area contributed by atoms with Crippen molar-refractivity contribution in [3.05, 3.63) is 5.82 Å². The summed E-state index contributed by atoms with van der Waals surface area (Å²) < 4.78 is 0. The Morgan fingerprint density at radius 2 is 2.18 bits per heavy atom. The second-order valence-corrected chi connectivity index (χ2v) is 6.42. The van der Waals surface area contributed by atoms with E-state index in [9.17, 15) is 4.79 Å². The monoisotopic (exact) mass is 308 g/mol. The molecule has 3 N–H and O–H groups in total. The maximum absolute atomic E-state index is 12.9. The summed E-state index contributed by atoms with van der Waals surface area (Å²) in [4.78, 5) is 14.8. The number of nitrogens with one attached hydrogen (secondary N) is 2. The van der Waals surface area contributed by atoms with Crippen molar-refractivity contribution in [2.24, 2.45) is 11.8 Å². The van der Waals surface area contributed by atoms with Gasteiger partial charge in [0.2, 0.25) is 5.91 Å². The van der Waals surface area contributed by atoms with E-state index in [-0.39, 0.29) is 17.9 Å². The second-order valence-electron chi connectivity index (χ2n) is 6.42. The Labute approximate surface area is 129 Å². The molecule has 0 spiro atoms. The van der Waals surface area contributed by atoms with Crippen molar-refractivity contribution in [2.45, 2.75) is 51.0 Å².